The molecule has 1 spiro atoms. The van der Waals surface area contributed by atoms with E-state index in [1.807, 2.05) is 25.7 Å². The summed E-state index contributed by atoms with van der Waals surface area (Å²) >= 11 is 0. The molecule has 1 aliphatic carbocycles. The number of benzene rings is 3. The van der Waals surface area contributed by atoms with Crippen LogP contribution in [-0.2, 0) is 4.79 Å². The number of ketones is 3. The standard InChI is InChI=1S/C33H30FNO5/c1-32(2,3)31(38)28-27(23-17-20(39-4)12-14-25(23)40-5)33(29(36)21-8-6-7-9-22(21)30(33)37)26-15-10-18-16-19(34)11-13-24(18)35(26)28/h6-17,26-28H,1-5H3/t26-,27-,28+/m1/s1. The van der Waals surface area contributed by atoms with Crippen LogP contribution < -0.4 is 14.4 Å². The lowest BCUT2D eigenvalue weighted by atomic mass is 9.63. The van der Waals surface area contributed by atoms with Gasteiger partial charge in [0.05, 0.1) is 26.3 Å². The number of ether oxygens (including phenoxy) is 2. The smallest absolute Gasteiger partial charge is 0.180 e. The predicted molar refractivity (Wildman–Crippen MR) is 150 cm³/mol. The summed E-state index contributed by atoms with van der Waals surface area (Å²) in [5.41, 5.74) is -0.126. The second-order valence-corrected chi connectivity index (χ2v) is 11.6. The molecule has 6 nitrogen and oxygen atoms in total. The van der Waals surface area contributed by atoms with Crippen molar-refractivity contribution < 1.29 is 28.2 Å². The van der Waals surface area contributed by atoms with E-state index in [1.54, 1.807) is 60.7 Å². The number of carbonyl (C=O) groups is 3. The third-order valence-corrected chi connectivity index (χ3v) is 8.55. The van der Waals surface area contributed by atoms with Gasteiger partial charge in [0.1, 0.15) is 22.7 Å². The number of carbonyl (C=O) groups excluding carboxylic acids is 3. The lowest BCUT2D eigenvalue weighted by Gasteiger charge is -2.38. The Labute approximate surface area is 232 Å². The minimum Gasteiger partial charge on any atom is -0.497 e. The highest BCUT2D eigenvalue weighted by Gasteiger charge is 2.72. The minimum absolute atomic E-state index is 0.147. The van der Waals surface area contributed by atoms with E-state index in [1.165, 1.54) is 26.4 Å². The van der Waals surface area contributed by atoms with Crippen molar-refractivity contribution in [3.05, 3.63) is 94.8 Å². The van der Waals surface area contributed by atoms with Crippen LogP contribution in [0.2, 0.25) is 0 Å². The van der Waals surface area contributed by atoms with Crippen molar-refractivity contribution in [2.45, 2.75) is 38.8 Å². The third kappa shape index (κ3) is 3.36. The highest BCUT2D eigenvalue weighted by atomic mass is 19.1. The zero-order chi connectivity index (χ0) is 28.6. The number of hydrogen-bond acceptors (Lipinski definition) is 6. The molecule has 2 heterocycles. The van der Waals surface area contributed by atoms with Gasteiger partial charge in [-0.1, -0.05) is 57.2 Å². The van der Waals surface area contributed by atoms with Crippen LogP contribution >= 0.6 is 0 Å². The molecule has 7 heteroatoms. The maximum absolute atomic E-state index is 14.7. The second kappa shape index (κ2) is 8.88. The highest BCUT2D eigenvalue weighted by molar-refractivity contribution is 6.32. The summed E-state index contributed by atoms with van der Waals surface area (Å²) in [6.07, 6.45) is 3.52. The molecule has 204 valence electrons. The van der Waals surface area contributed by atoms with Crippen LogP contribution in [0.5, 0.6) is 11.5 Å². The van der Waals surface area contributed by atoms with Gasteiger partial charge in [0.15, 0.2) is 17.3 Å². The summed E-state index contributed by atoms with van der Waals surface area (Å²) in [5.74, 6) is -1.22. The van der Waals surface area contributed by atoms with E-state index < -0.39 is 34.6 Å². The third-order valence-electron chi connectivity index (χ3n) is 8.55. The van der Waals surface area contributed by atoms with Crippen molar-refractivity contribution in [1.29, 1.82) is 0 Å². The summed E-state index contributed by atoms with van der Waals surface area (Å²) < 4.78 is 25.7. The van der Waals surface area contributed by atoms with Gasteiger partial charge >= 0.3 is 0 Å². The quantitative estimate of drug-likeness (QED) is 0.385. The number of nitrogens with zero attached hydrogens (tertiary/aromatic N) is 1. The zero-order valence-electron chi connectivity index (χ0n) is 23.0. The average Bonchev–Trinajstić information content (AvgIpc) is 3.37. The van der Waals surface area contributed by atoms with Gasteiger partial charge in [0.25, 0.3) is 0 Å². The van der Waals surface area contributed by atoms with Crippen LogP contribution in [0.1, 0.15) is 58.5 Å². The van der Waals surface area contributed by atoms with Crippen LogP contribution in [-0.4, -0.2) is 43.7 Å². The molecule has 0 saturated carbocycles. The molecule has 2 aliphatic heterocycles. The van der Waals surface area contributed by atoms with Gasteiger partial charge in [0.2, 0.25) is 0 Å². The first kappa shape index (κ1) is 26.0. The molecule has 3 aromatic carbocycles. The Kier molecular flexibility index (Phi) is 5.77. The van der Waals surface area contributed by atoms with E-state index >= 15 is 0 Å². The summed E-state index contributed by atoms with van der Waals surface area (Å²) in [4.78, 5) is 45.8. The maximum Gasteiger partial charge on any atom is 0.180 e. The topological polar surface area (TPSA) is 72.9 Å². The van der Waals surface area contributed by atoms with Crippen molar-refractivity contribution in [2.75, 3.05) is 19.1 Å². The number of fused-ring (bicyclic) bond motifs is 5. The van der Waals surface area contributed by atoms with E-state index in [9.17, 15) is 18.8 Å². The molecule has 0 N–H and O–H groups in total. The number of anilines is 1. The van der Waals surface area contributed by atoms with Gasteiger partial charge in [-0.3, -0.25) is 14.4 Å². The van der Waals surface area contributed by atoms with Gasteiger partial charge in [0, 0.05) is 39.3 Å². The molecule has 0 aromatic heterocycles. The second-order valence-electron chi connectivity index (χ2n) is 11.6. The molecule has 0 amide bonds. The van der Waals surface area contributed by atoms with Crippen LogP contribution in [0.4, 0.5) is 10.1 Å². The fourth-order valence-electron chi connectivity index (χ4n) is 6.82. The van der Waals surface area contributed by atoms with E-state index in [4.69, 9.17) is 9.47 Å². The van der Waals surface area contributed by atoms with Crippen molar-refractivity contribution in [3.63, 3.8) is 0 Å². The molecule has 3 atom stereocenters. The monoisotopic (exact) mass is 539 g/mol. The van der Waals surface area contributed by atoms with Crippen molar-refractivity contribution in [1.82, 2.24) is 0 Å². The number of halogens is 1. The fraction of sp³-hybridized carbons (Fsp3) is 0.303. The van der Waals surface area contributed by atoms with E-state index in [0.717, 1.165) is 0 Å². The normalized spacial score (nSPS) is 22.2. The molecule has 3 aliphatic rings. The Morgan fingerprint density at radius 3 is 2.20 bits per heavy atom. The first-order valence-corrected chi connectivity index (χ1v) is 13.3. The molecule has 0 unspecified atom stereocenters. The van der Waals surface area contributed by atoms with Crippen molar-refractivity contribution in [2.24, 2.45) is 10.8 Å². The summed E-state index contributed by atoms with van der Waals surface area (Å²) in [7, 11) is 3.05. The van der Waals surface area contributed by atoms with Crippen molar-refractivity contribution in [3.8, 4) is 11.5 Å². The number of methoxy groups -OCH3 is 2. The number of rotatable bonds is 4. The molecule has 1 fully saturated rings. The molecule has 6 rings (SSSR count). The number of hydrogen-bond donors (Lipinski definition) is 0. The predicted octanol–water partition coefficient (Wildman–Crippen LogP) is 5.89. The van der Waals surface area contributed by atoms with Crippen LogP contribution in [0.3, 0.4) is 0 Å². The molecule has 40 heavy (non-hydrogen) atoms. The maximum atomic E-state index is 14.7. The van der Waals surface area contributed by atoms with Gasteiger partial charge in [-0.05, 0) is 36.4 Å². The van der Waals surface area contributed by atoms with E-state index in [2.05, 4.69) is 0 Å². The first-order chi connectivity index (χ1) is 19.0. The minimum atomic E-state index is -1.67. The Morgan fingerprint density at radius 1 is 0.925 bits per heavy atom. The zero-order valence-corrected chi connectivity index (χ0v) is 23.0. The summed E-state index contributed by atoms with van der Waals surface area (Å²) in [6.45, 7) is 5.48. The lowest BCUT2D eigenvalue weighted by molar-refractivity contribution is -0.127. The highest BCUT2D eigenvalue weighted by Crippen LogP contribution is 2.62. The molecule has 3 aromatic rings. The first-order valence-electron chi connectivity index (χ1n) is 13.3. The Hall–Kier alpha value is -4.26. The number of Topliss-reactive ketones (excluding diaryl/α,β-unsaturated/α-hetero) is 3. The van der Waals surface area contributed by atoms with Crippen LogP contribution in [0.15, 0.2) is 66.7 Å². The fourth-order valence-corrected chi connectivity index (χ4v) is 6.82. The van der Waals surface area contributed by atoms with E-state index in [-0.39, 0.29) is 17.3 Å². The van der Waals surface area contributed by atoms with Crippen LogP contribution in [0, 0.1) is 16.6 Å². The lowest BCUT2D eigenvalue weighted by Crippen LogP contribution is -2.49. The Morgan fingerprint density at radius 2 is 1.60 bits per heavy atom. The van der Waals surface area contributed by atoms with Crippen molar-refractivity contribution >= 4 is 29.1 Å². The summed E-state index contributed by atoms with van der Waals surface area (Å²) in [6, 6.07) is 14.7. The van der Waals surface area contributed by atoms with Gasteiger partial charge < -0.3 is 14.4 Å². The SMILES string of the molecule is COc1ccc(OC)c([C@@H]2[C@@H](C(=O)C(C)(C)C)N3c4ccc(F)cc4C=C[C@@H]3C23C(=O)c2ccccc2C3=O)c1. The Balaban J connectivity index is 1.74. The largest absolute Gasteiger partial charge is 0.497 e. The molecule has 0 radical (unpaired) electrons. The molecule has 1 saturated heterocycles. The van der Waals surface area contributed by atoms with Gasteiger partial charge in [-0.2, -0.15) is 0 Å². The molecular weight excluding hydrogens is 509 g/mol. The van der Waals surface area contributed by atoms with E-state index in [0.29, 0.717) is 39.4 Å². The van der Waals surface area contributed by atoms with Gasteiger partial charge in [-0.15, -0.1) is 0 Å². The molecular formula is C33H30FNO5. The summed E-state index contributed by atoms with van der Waals surface area (Å²) in [5, 5.41) is 0. The molecule has 0 bridgehead atoms. The van der Waals surface area contributed by atoms with Crippen LogP contribution in [0.25, 0.3) is 6.08 Å². The average molecular weight is 540 g/mol. The Bertz CT molecular complexity index is 1580. The van der Waals surface area contributed by atoms with Gasteiger partial charge in [-0.25, -0.2) is 4.39 Å².